The van der Waals surface area contributed by atoms with Crippen LogP contribution >= 0.6 is 48.0 Å². The standard InChI is InChI=1S/C21H25.2C7H6Cl.C5H5.CH2.2ClH.Zr/c1-20(2,3)16-9-7-14-11-15-8-10-17(21(4,5)6)13-19(15)18(14)12-16;2*1-6-2-4-7(8)5-3-6;1-2-4-5-3-1;;;;/h7,9-10,12-13H,11H2,1-6H3;2*2-5H,1H2;1-3H,4H2;1H2;2*1H;/q4*-1;;;;. The first-order valence-electron chi connectivity index (χ1n) is 14.6. The van der Waals surface area contributed by atoms with Crippen LogP contribution in [-0.2, 0) is 41.5 Å². The summed E-state index contributed by atoms with van der Waals surface area (Å²) in [6, 6.07) is 29.9. The molecule has 0 amide bonds. The third-order valence-electron chi connectivity index (χ3n) is 6.94. The fraction of sp³-hybridized carbons (Fsp3) is 0.244. The summed E-state index contributed by atoms with van der Waals surface area (Å²) in [5.74, 6) is 0. The van der Waals surface area contributed by atoms with Gasteiger partial charge in [-0.2, -0.15) is 84.6 Å². The van der Waals surface area contributed by atoms with E-state index in [9.17, 15) is 0 Å². The summed E-state index contributed by atoms with van der Waals surface area (Å²) in [6.07, 6.45) is 11.0. The summed E-state index contributed by atoms with van der Waals surface area (Å²) >= 11 is 12.5. The molecule has 0 radical (unpaired) electrons. The number of hydrogen-bond donors (Lipinski definition) is 0. The van der Waals surface area contributed by atoms with Gasteiger partial charge in [-0.05, 0) is 17.4 Å². The van der Waals surface area contributed by atoms with Gasteiger partial charge >= 0.3 is 28.4 Å². The summed E-state index contributed by atoms with van der Waals surface area (Å²) in [5.41, 5.74) is 10.8. The molecule has 0 aliphatic heterocycles. The zero-order chi connectivity index (χ0) is 32.9. The first kappa shape index (κ1) is 44.0. The van der Waals surface area contributed by atoms with Gasteiger partial charge in [0.1, 0.15) is 0 Å². The maximum absolute atomic E-state index is 5.58. The third-order valence-corrected chi connectivity index (χ3v) is 7.44. The average Bonchev–Trinajstić information content (AvgIpc) is 3.68. The number of fused-ring (bicyclic) bond motifs is 3. The molecule has 0 aromatic heterocycles. The van der Waals surface area contributed by atoms with Gasteiger partial charge in [-0.25, -0.2) is 12.2 Å². The predicted octanol–water partition coefficient (Wildman–Crippen LogP) is 12.8. The van der Waals surface area contributed by atoms with Gasteiger partial charge in [0, 0.05) is 10.0 Å². The molecule has 46 heavy (non-hydrogen) atoms. The Hall–Kier alpha value is -1.99. The Morgan fingerprint density at radius 2 is 1.17 bits per heavy atom. The zero-order valence-electron chi connectivity index (χ0n) is 27.8. The van der Waals surface area contributed by atoms with E-state index in [-0.39, 0.29) is 35.6 Å². The molecule has 0 N–H and O–H groups in total. The summed E-state index contributed by atoms with van der Waals surface area (Å²) < 4.78 is 3.34. The van der Waals surface area contributed by atoms with Crippen molar-refractivity contribution in [2.75, 3.05) is 0 Å². The van der Waals surface area contributed by atoms with E-state index in [4.69, 9.17) is 23.2 Å². The zero-order valence-corrected chi connectivity index (χ0v) is 33.4. The molecule has 0 atom stereocenters. The van der Waals surface area contributed by atoms with E-state index in [1.807, 2.05) is 60.7 Å². The van der Waals surface area contributed by atoms with Crippen molar-refractivity contribution in [2.45, 2.75) is 65.2 Å². The summed E-state index contributed by atoms with van der Waals surface area (Å²) in [7, 11) is 0. The SMILES string of the molecule is CC(C)(C)c1c[c-]c2c(c1)-c1cc(C(C)(C)C)ccc1C2.Cl.Cl.[C-]1=CC=CC1.[CH2-]c1ccc(Cl)cc1.[CH2-]c1ccc(Cl)cc1.[CH2]=[Zr]. The fourth-order valence-corrected chi connectivity index (χ4v) is 4.55. The van der Waals surface area contributed by atoms with Crippen LogP contribution in [0.1, 0.15) is 81.3 Å². The second kappa shape index (κ2) is 21.1. The van der Waals surface area contributed by atoms with Gasteiger partial charge in [0.25, 0.3) is 0 Å². The average molecular weight is 772 g/mol. The van der Waals surface area contributed by atoms with Gasteiger partial charge in [0.05, 0.1) is 0 Å². The molecule has 4 aromatic rings. The molecular weight excluding hydrogens is 725 g/mol. The van der Waals surface area contributed by atoms with Crippen LogP contribution in [0.2, 0.25) is 10.0 Å². The predicted molar refractivity (Wildman–Crippen MR) is 206 cm³/mol. The van der Waals surface area contributed by atoms with E-state index < -0.39 is 0 Å². The topological polar surface area (TPSA) is 0 Å². The molecule has 0 heterocycles. The van der Waals surface area contributed by atoms with Crippen LogP contribution in [0, 0.1) is 26.0 Å². The second-order valence-electron chi connectivity index (χ2n) is 12.6. The van der Waals surface area contributed by atoms with E-state index in [0.29, 0.717) is 0 Å². The number of hydrogen-bond acceptors (Lipinski definition) is 0. The summed E-state index contributed by atoms with van der Waals surface area (Å²) in [5, 5.41) is 1.52. The Bertz CT molecular complexity index is 1360. The quantitative estimate of drug-likeness (QED) is 0.138. The minimum absolute atomic E-state index is 0. The van der Waals surface area contributed by atoms with Crippen LogP contribution in [0.25, 0.3) is 11.1 Å². The molecule has 2 aliphatic rings. The van der Waals surface area contributed by atoms with Crippen molar-refractivity contribution in [3.63, 3.8) is 0 Å². The molecule has 6 rings (SSSR count). The first-order chi connectivity index (χ1) is 20.7. The second-order valence-corrected chi connectivity index (χ2v) is 13.5. The van der Waals surface area contributed by atoms with Crippen molar-refractivity contribution in [1.29, 1.82) is 0 Å². The number of halogens is 4. The normalized spacial score (nSPS) is 11.5. The Morgan fingerprint density at radius 3 is 1.54 bits per heavy atom. The molecule has 0 fully saturated rings. The molecule has 0 nitrogen and oxygen atoms in total. The Morgan fingerprint density at radius 1 is 0.696 bits per heavy atom. The van der Waals surface area contributed by atoms with E-state index in [0.717, 1.165) is 34.0 Å². The van der Waals surface area contributed by atoms with Gasteiger partial charge in [-0.1, -0.05) is 124 Å². The molecule has 0 spiro atoms. The van der Waals surface area contributed by atoms with E-state index >= 15 is 0 Å². The van der Waals surface area contributed by atoms with E-state index in [1.54, 1.807) is 0 Å². The molecule has 5 heteroatoms. The first-order valence-corrected chi connectivity index (χ1v) is 17.1. The fourth-order valence-electron chi connectivity index (χ4n) is 4.29. The van der Waals surface area contributed by atoms with E-state index in [2.05, 4.69) is 108 Å². The van der Waals surface area contributed by atoms with Crippen molar-refractivity contribution in [3.8, 4) is 11.1 Å². The van der Waals surface area contributed by atoms with Gasteiger partial charge in [-0.15, -0.1) is 36.8 Å². The Kier molecular flexibility index (Phi) is 20.2. The van der Waals surface area contributed by atoms with Crippen LogP contribution in [0.4, 0.5) is 0 Å². The van der Waals surface area contributed by atoms with Crippen LogP contribution in [-0.4, -0.2) is 4.21 Å². The van der Waals surface area contributed by atoms with Crippen molar-refractivity contribution >= 4 is 52.2 Å². The minimum atomic E-state index is 0. The monoisotopic (exact) mass is 768 g/mol. The van der Waals surface area contributed by atoms with Crippen molar-refractivity contribution in [2.24, 2.45) is 0 Å². The molecule has 0 saturated carbocycles. The summed E-state index contributed by atoms with van der Waals surface area (Å²) in [6.45, 7) is 21.0. The van der Waals surface area contributed by atoms with Gasteiger partial charge < -0.3 is 0 Å². The Balaban J connectivity index is 0.000000669. The van der Waals surface area contributed by atoms with Crippen molar-refractivity contribution in [3.05, 3.63) is 167 Å². The number of benzene rings is 4. The van der Waals surface area contributed by atoms with Gasteiger partial charge in [-0.3, -0.25) is 6.08 Å². The maximum atomic E-state index is 5.58. The van der Waals surface area contributed by atoms with Gasteiger partial charge in [0.2, 0.25) is 0 Å². The molecule has 2 aliphatic carbocycles. The van der Waals surface area contributed by atoms with Gasteiger partial charge in [0.15, 0.2) is 0 Å². The molecule has 4 aromatic carbocycles. The molecule has 0 bridgehead atoms. The summed E-state index contributed by atoms with van der Waals surface area (Å²) in [4.78, 5) is 0. The van der Waals surface area contributed by atoms with Crippen LogP contribution in [0.15, 0.2) is 97.1 Å². The van der Waals surface area contributed by atoms with Crippen LogP contribution in [0.3, 0.4) is 0 Å². The van der Waals surface area contributed by atoms with Crippen LogP contribution in [0.5, 0.6) is 0 Å². The third kappa shape index (κ3) is 14.8. The molecule has 0 unspecified atom stereocenters. The molecule has 0 saturated heterocycles. The van der Waals surface area contributed by atoms with Crippen LogP contribution < -0.4 is 0 Å². The van der Waals surface area contributed by atoms with E-state index in [1.165, 1.54) is 57.6 Å². The van der Waals surface area contributed by atoms with Crippen molar-refractivity contribution < 1.29 is 24.2 Å². The number of allylic oxidation sites excluding steroid dienone is 4. The Labute approximate surface area is 316 Å². The van der Waals surface area contributed by atoms with Crippen molar-refractivity contribution in [1.82, 2.24) is 0 Å². The number of rotatable bonds is 0. The molecular formula is C41H46Cl4Zr-4. The molecule has 246 valence electrons.